The SMILES string of the molecule is c1ccc2c(c1)sc1c(-c3ccc4c(c3)c3cc(-c5cccc6c5sc5ccccc56)ccc3c3sccc43)cccc12. The van der Waals surface area contributed by atoms with Gasteiger partial charge in [-0.3, -0.25) is 0 Å². The zero-order chi connectivity index (χ0) is 28.1. The van der Waals surface area contributed by atoms with Crippen LogP contribution in [0.2, 0.25) is 0 Å². The van der Waals surface area contributed by atoms with Crippen LogP contribution >= 0.6 is 34.0 Å². The third-order valence-electron chi connectivity index (χ3n) is 8.96. The predicted octanol–water partition coefficient (Wildman–Crippen LogP) is 13.3. The molecule has 0 amide bonds. The third kappa shape index (κ3) is 3.41. The zero-order valence-electron chi connectivity index (χ0n) is 22.9. The minimum Gasteiger partial charge on any atom is -0.143 e. The van der Waals surface area contributed by atoms with Gasteiger partial charge in [-0.25, -0.2) is 0 Å². The summed E-state index contributed by atoms with van der Waals surface area (Å²) in [6, 6.07) is 47.6. The molecule has 43 heavy (non-hydrogen) atoms. The van der Waals surface area contributed by atoms with Gasteiger partial charge in [0, 0.05) is 55.8 Å². The highest BCUT2D eigenvalue weighted by molar-refractivity contribution is 7.26. The molecule has 0 aliphatic rings. The van der Waals surface area contributed by atoms with E-state index in [1.165, 1.54) is 94.2 Å². The summed E-state index contributed by atoms with van der Waals surface area (Å²) in [5.41, 5.74) is 5.17. The smallest absolute Gasteiger partial charge is 0.0433 e. The van der Waals surface area contributed by atoms with Crippen molar-refractivity contribution in [2.75, 3.05) is 0 Å². The minimum atomic E-state index is 1.28. The summed E-state index contributed by atoms with van der Waals surface area (Å²) in [5, 5.41) is 14.3. The van der Waals surface area contributed by atoms with Crippen molar-refractivity contribution < 1.29 is 0 Å². The highest BCUT2D eigenvalue weighted by Gasteiger charge is 2.16. The van der Waals surface area contributed by atoms with E-state index < -0.39 is 0 Å². The first-order chi connectivity index (χ1) is 21.3. The first-order valence-corrected chi connectivity index (χ1v) is 17.0. The molecule has 0 N–H and O–H groups in total. The molecule has 0 fully saturated rings. The Morgan fingerprint density at radius 3 is 1.44 bits per heavy atom. The summed E-state index contributed by atoms with van der Waals surface area (Å²) in [4.78, 5) is 0. The van der Waals surface area contributed by atoms with Crippen LogP contribution in [0, 0.1) is 0 Å². The van der Waals surface area contributed by atoms with Gasteiger partial charge in [0.1, 0.15) is 0 Å². The number of fused-ring (bicyclic) bond motifs is 12. The molecule has 0 aliphatic heterocycles. The number of hydrogen-bond donors (Lipinski definition) is 0. The Morgan fingerprint density at radius 2 is 0.814 bits per heavy atom. The van der Waals surface area contributed by atoms with E-state index in [-0.39, 0.29) is 0 Å². The quantitative estimate of drug-likeness (QED) is 0.174. The van der Waals surface area contributed by atoms with E-state index in [0.717, 1.165) is 0 Å². The van der Waals surface area contributed by atoms with Crippen molar-refractivity contribution in [3.63, 3.8) is 0 Å². The normalized spacial score (nSPS) is 12.2. The van der Waals surface area contributed by atoms with Gasteiger partial charge in [-0.1, -0.05) is 97.1 Å². The van der Waals surface area contributed by atoms with Gasteiger partial charge in [-0.05, 0) is 74.1 Å². The van der Waals surface area contributed by atoms with Gasteiger partial charge in [0.05, 0.1) is 0 Å². The molecular weight excluding hydrogens is 577 g/mol. The number of thiophene rings is 3. The van der Waals surface area contributed by atoms with Crippen LogP contribution in [0.4, 0.5) is 0 Å². The minimum absolute atomic E-state index is 1.28. The van der Waals surface area contributed by atoms with Crippen LogP contribution in [0.5, 0.6) is 0 Å². The van der Waals surface area contributed by atoms with Gasteiger partial charge < -0.3 is 0 Å². The maximum absolute atomic E-state index is 2.44. The Balaban J connectivity index is 1.26. The largest absolute Gasteiger partial charge is 0.143 e. The molecule has 0 radical (unpaired) electrons. The summed E-state index contributed by atoms with van der Waals surface area (Å²) >= 11 is 5.65. The molecule has 0 atom stereocenters. The Labute approximate surface area is 259 Å². The van der Waals surface area contributed by atoms with E-state index >= 15 is 0 Å². The highest BCUT2D eigenvalue weighted by Crippen LogP contribution is 2.45. The van der Waals surface area contributed by atoms with Crippen molar-refractivity contribution in [1.82, 2.24) is 0 Å². The molecule has 7 aromatic carbocycles. The van der Waals surface area contributed by atoms with Gasteiger partial charge in [0.2, 0.25) is 0 Å². The predicted molar refractivity (Wildman–Crippen MR) is 193 cm³/mol. The molecule has 0 bridgehead atoms. The number of hydrogen-bond acceptors (Lipinski definition) is 3. The zero-order valence-corrected chi connectivity index (χ0v) is 25.4. The Kier molecular flexibility index (Phi) is 5.00. The number of rotatable bonds is 2. The monoisotopic (exact) mass is 598 g/mol. The van der Waals surface area contributed by atoms with E-state index in [1.807, 2.05) is 34.0 Å². The molecule has 3 aromatic heterocycles. The van der Waals surface area contributed by atoms with Crippen LogP contribution in [0.1, 0.15) is 0 Å². The average Bonchev–Trinajstić information content (AvgIpc) is 3.80. The average molecular weight is 599 g/mol. The second-order valence-corrected chi connectivity index (χ2v) is 14.3. The standard InChI is InChI=1S/C40H22S3/c1-3-13-36-28(7-1)30-11-5-9-25(39(30)42-36)23-15-17-27-33-19-20-41-38(33)32-18-16-24(22-35(32)34(27)21-23)26-10-6-12-31-29-8-2-4-14-37(29)43-40(26)31/h1-22H. The fraction of sp³-hybridized carbons (Fsp3) is 0. The lowest BCUT2D eigenvalue weighted by molar-refractivity contribution is 1.72. The van der Waals surface area contributed by atoms with E-state index in [9.17, 15) is 0 Å². The van der Waals surface area contributed by atoms with Crippen LogP contribution < -0.4 is 0 Å². The van der Waals surface area contributed by atoms with Gasteiger partial charge in [-0.15, -0.1) is 34.0 Å². The molecular formula is C40H22S3. The molecule has 10 aromatic rings. The van der Waals surface area contributed by atoms with Crippen molar-refractivity contribution in [3.8, 4) is 22.3 Å². The summed E-state index contributed by atoms with van der Waals surface area (Å²) in [5.74, 6) is 0. The van der Waals surface area contributed by atoms with Crippen molar-refractivity contribution in [1.29, 1.82) is 0 Å². The Bertz CT molecular complexity index is 2550. The molecule has 3 heteroatoms. The number of benzene rings is 7. The molecule has 0 aliphatic carbocycles. The highest BCUT2D eigenvalue weighted by atomic mass is 32.1. The lowest BCUT2D eigenvalue weighted by Gasteiger charge is -2.12. The lowest BCUT2D eigenvalue weighted by Crippen LogP contribution is -1.85. The molecule has 0 nitrogen and oxygen atoms in total. The fourth-order valence-corrected chi connectivity index (χ4v) is 10.4. The Morgan fingerprint density at radius 1 is 0.326 bits per heavy atom. The van der Waals surface area contributed by atoms with Gasteiger partial charge >= 0.3 is 0 Å². The summed E-state index contributed by atoms with van der Waals surface area (Å²) < 4.78 is 6.78. The molecule has 200 valence electrons. The van der Waals surface area contributed by atoms with Gasteiger partial charge in [0.15, 0.2) is 0 Å². The first-order valence-electron chi connectivity index (χ1n) is 14.5. The van der Waals surface area contributed by atoms with E-state index in [4.69, 9.17) is 0 Å². The van der Waals surface area contributed by atoms with Crippen molar-refractivity contribution in [2.24, 2.45) is 0 Å². The molecule has 0 spiro atoms. The topological polar surface area (TPSA) is 0 Å². The maximum Gasteiger partial charge on any atom is 0.0433 e. The summed E-state index contributed by atoms with van der Waals surface area (Å²) in [6.07, 6.45) is 0. The van der Waals surface area contributed by atoms with Crippen LogP contribution in [0.25, 0.3) is 94.2 Å². The molecule has 0 saturated heterocycles. The molecule has 0 unspecified atom stereocenters. The fourth-order valence-electron chi connectivity index (χ4n) is 6.98. The summed E-state index contributed by atoms with van der Waals surface area (Å²) in [7, 11) is 0. The van der Waals surface area contributed by atoms with E-state index in [1.54, 1.807) is 0 Å². The van der Waals surface area contributed by atoms with Crippen molar-refractivity contribution in [2.45, 2.75) is 0 Å². The molecule has 10 rings (SSSR count). The van der Waals surface area contributed by atoms with Crippen LogP contribution in [0.3, 0.4) is 0 Å². The van der Waals surface area contributed by atoms with E-state index in [0.29, 0.717) is 0 Å². The summed E-state index contributed by atoms with van der Waals surface area (Å²) in [6.45, 7) is 0. The molecule has 3 heterocycles. The van der Waals surface area contributed by atoms with Crippen molar-refractivity contribution in [3.05, 3.63) is 133 Å². The van der Waals surface area contributed by atoms with Gasteiger partial charge in [0.25, 0.3) is 0 Å². The van der Waals surface area contributed by atoms with Crippen LogP contribution in [-0.2, 0) is 0 Å². The second kappa shape index (κ2) is 8.98. The molecule has 0 saturated carbocycles. The van der Waals surface area contributed by atoms with Crippen LogP contribution in [-0.4, -0.2) is 0 Å². The lowest BCUT2D eigenvalue weighted by atomic mass is 9.92. The maximum atomic E-state index is 2.44. The van der Waals surface area contributed by atoms with Crippen molar-refractivity contribution >= 4 is 106 Å². The Hall–Kier alpha value is -4.54. The third-order valence-corrected chi connectivity index (χ3v) is 12.3. The van der Waals surface area contributed by atoms with Gasteiger partial charge in [-0.2, -0.15) is 0 Å². The first kappa shape index (κ1) is 24.0. The van der Waals surface area contributed by atoms with E-state index in [2.05, 4.69) is 133 Å². The van der Waals surface area contributed by atoms with Crippen LogP contribution in [0.15, 0.2) is 133 Å². The second-order valence-electron chi connectivity index (χ2n) is 11.2.